The van der Waals surface area contributed by atoms with Gasteiger partial charge in [-0.15, -0.1) is 22.0 Å². The number of nitrogens with one attached hydrogen (secondary N) is 1. The SMILES string of the molecule is O=C(CSc1ccccc1)Nc1nnc(SCCCOc2ccccc2)s1. The first kappa shape index (κ1) is 19.7. The van der Waals surface area contributed by atoms with Gasteiger partial charge in [-0.25, -0.2) is 0 Å². The molecule has 3 rings (SSSR count). The lowest BCUT2D eigenvalue weighted by molar-refractivity contribution is -0.113. The highest BCUT2D eigenvalue weighted by Gasteiger charge is 2.09. The van der Waals surface area contributed by atoms with Crippen LogP contribution in [0.3, 0.4) is 0 Å². The number of carbonyl (C=O) groups is 1. The maximum atomic E-state index is 12.0. The van der Waals surface area contributed by atoms with Gasteiger partial charge in [0.25, 0.3) is 0 Å². The average Bonchev–Trinajstić information content (AvgIpc) is 3.15. The Labute approximate surface area is 170 Å². The number of carbonyl (C=O) groups excluding carboxylic acids is 1. The summed E-state index contributed by atoms with van der Waals surface area (Å²) in [7, 11) is 0. The van der Waals surface area contributed by atoms with E-state index in [1.807, 2.05) is 60.7 Å². The lowest BCUT2D eigenvalue weighted by atomic mass is 10.3. The summed E-state index contributed by atoms with van der Waals surface area (Å²) in [5, 5.41) is 11.5. The molecule has 0 spiro atoms. The maximum Gasteiger partial charge on any atom is 0.236 e. The van der Waals surface area contributed by atoms with E-state index in [0.29, 0.717) is 17.5 Å². The van der Waals surface area contributed by atoms with Crippen molar-refractivity contribution >= 4 is 45.9 Å². The van der Waals surface area contributed by atoms with Crippen LogP contribution in [0.15, 0.2) is 69.9 Å². The standard InChI is InChI=1S/C19H19N3O2S3/c23-17(14-26-16-10-5-2-6-11-16)20-18-21-22-19(27-18)25-13-7-12-24-15-8-3-1-4-9-15/h1-6,8-11H,7,12-14H2,(H,20,21,23). The third kappa shape index (κ3) is 7.24. The van der Waals surface area contributed by atoms with Gasteiger partial charge in [-0.3, -0.25) is 10.1 Å². The summed E-state index contributed by atoms with van der Waals surface area (Å²) in [6.45, 7) is 0.663. The predicted octanol–water partition coefficient (Wildman–Crippen LogP) is 4.83. The van der Waals surface area contributed by atoms with Gasteiger partial charge in [0.2, 0.25) is 11.0 Å². The van der Waals surface area contributed by atoms with Crippen molar-refractivity contribution in [3.8, 4) is 5.75 Å². The Morgan fingerprint density at radius 2 is 1.74 bits per heavy atom. The number of hydrogen-bond donors (Lipinski definition) is 1. The van der Waals surface area contributed by atoms with Gasteiger partial charge in [-0.2, -0.15) is 0 Å². The number of ether oxygens (including phenoxy) is 1. The molecule has 140 valence electrons. The van der Waals surface area contributed by atoms with Crippen LogP contribution in [0.4, 0.5) is 5.13 Å². The first-order valence-electron chi connectivity index (χ1n) is 8.41. The van der Waals surface area contributed by atoms with Crippen molar-refractivity contribution in [2.75, 3.05) is 23.4 Å². The van der Waals surface area contributed by atoms with Crippen molar-refractivity contribution in [1.29, 1.82) is 0 Å². The molecule has 1 aromatic heterocycles. The molecule has 0 aliphatic carbocycles. The molecule has 0 radical (unpaired) electrons. The maximum absolute atomic E-state index is 12.0. The normalized spacial score (nSPS) is 10.5. The lowest BCUT2D eigenvalue weighted by Crippen LogP contribution is -2.13. The van der Waals surface area contributed by atoms with Gasteiger partial charge in [0.1, 0.15) is 5.75 Å². The van der Waals surface area contributed by atoms with Crippen molar-refractivity contribution in [3.63, 3.8) is 0 Å². The smallest absolute Gasteiger partial charge is 0.236 e. The molecule has 1 amide bonds. The molecular weight excluding hydrogens is 398 g/mol. The summed E-state index contributed by atoms with van der Waals surface area (Å²) < 4.78 is 6.51. The topological polar surface area (TPSA) is 64.1 Å². The van der Waals surface area contributed by atoms with E-state index >= 15 is 0 Å². The van der Waals surface area contributed by atoms with E-state index in [0.717, 1.165) is 27.2 Å². The summed E-state index contributed by atoms with van der Waals surface area (Å²) in [6.07, 6.45) is 0.911. The molecule has 8 heteroatoms. The number of benzene rings is 2. The van der Waals surface area contributed by atoms with Crippen molar-refractivity contribution in [2.45, 2.75) is 15.7 Å². The second-order valence-corrected chi connectivity index (χ2v) is 8.75. The fourth-order valence-corrected chi connectivity index (χ4v) is 4.54. The van der Waals surface area contributed by atoms with Crippen LogP contribution in [-0.4, -0.2) is 34.2 Å². The number of aromatic nitrogens is 2. The molecular formula is C19H19N3O2S3. The average molecular weight is 418 g/mol. The van der Waals surface area contributed by atoms with Crippen molar-refractivity contribution in [2.24, 2.45) is 0 Å². The molecule has 0 aliphatic heterocycles. The van der Waals surface area contributed by atoms with Crippen LogP contribution < -0.4 is 10.1 Å². The Bertz CT molecular complexity index is 828. The van der Waals surface area contributed by atoms with Crippen LogP contribution >= 0.6 is 34.9 Å². The zero-order valence-electron chi connectivity index (χ0n) is 14.5. The fourth-order valence-electron chi connectivity index (χ4n) is 2.06. The van der Waals surface area contributed by atoms with Crippen LogP contribution in [-0.2, 0) is 4.79 Å². The molecule has 3 aromatic rings. The molecule has 0 aliphatic rings. The van der Waals surface area contributed by atoms with Crippen LogP contribution in [0.2, 0.25) is 0 Å². The number of amides is 1. The van der Waals surface area contributed by atoms with E-state index in [2.05, 4.69) is 15.5 Å². The number of hydrogen-bond acceptors (Lipinski definition) is 7. The molecule has 5 nitrogen and oxygen atoms in total. The van der Waals surface area contributed by atoms with Crippen molar-refractivity contribution in [1.82, 2.24) is 10.2 Å². The number of nitrogens with zero attached hydrogens (tertiary/aromatic N) is 2. The van der Waals surface area contributed by atoms with Gasteiger partial charge < -0.3 is 4.74 Å². The summed E-state index contributed by atoms with van der Waals surface area (Å²) in [5.41, 5.74) is 0. The minimum absolute atomic E-state index is 0.0761. The lowest BCUT2D eigenvalue weighted by Gasteiger charge is -2.04. The Kier molecular flexibility index (Phi) is 8.01. The minimum atomic E-state index is -0.0761. The molecule has 1 heterocycles. The summed E-state index contributed by atoms with van der Waals surface area (Å²) in [6, 6.07) is 19.6. The van der Waals surface area contributed by atoms with Crippen molar-refractivity contribution in [3.05, 3.63) is 60.7 Å². The summed E-state index contributed by atoms with van der Waals surface area (Å²) >= 11 is 4.52. The molecule has 0 atom stereocenters. The van der Waals surface area contributed by atoms with Gasteiger partial charge >= 0.3 is 0 Å². The Morgan fingerprint density at radius 3 is 2.52 bits per heavy atom. The van der Waals surface area contributed by atoms with Crippen LogP contribution in [0.5, 0.6) is 5.75 Å². The van der Waals surface area contributed by atoms with Crippen LogP contribution in [0.25, 0.3) is 0 Å². The van der Waals surface area contributed by atoms with Crippen LogP contribution in [0.1, 0.15) is 6.42 Å². The Hall–Kier alpha value is -2.03. The first-order valence-corrected chi connectivity index (χ1v) is 11.2. The highest BCUT2D eigenvalue weighted by Crippen LogP contribution is 2.26. The number of thioether (sulfide) groups is 2. The fraction of sp³-hybridized carbons (Fsp3) is 0.211. The molecule has 27 heavy (non-hydrogen) atoms. The van der Waals surface area contributed by atoms with Gasteiger partial charge in [-0.05, 0) is 30.7 Å². The van der Waals surface area contributed by atoms with Gasteiger partial charge in [0.05, 0.1) is 12.4 Å². The Balaban J connectivity index is 1.32. The largest absolute Gasteiger partial charge is 0.494 e. The number of anilines is 1. The van der Waals surface area contributed by atoms with Gasteiger partial charge in [-0.1, -0.05) is 59.5 Å². The van der Waals surface area contributed by atoms with E-state index in [1.54, 1.807) is 11.8 Å². The second kappa shape index (κ2) is 11.0. The van der Waals surface area contributed by atoms with E-state index in [-0.39, 0.29) is 5.91 Å². The summed E-state index contributed by atoms with van der Waals surface area (Å²) in [4.78, 5) is 13.1. The van der Waals surface area contributed by atoms with Gasteiger partial charge in [0, 0.05) is 10.6 Å². The zero-order valence-corrected chi connectivity index (χ0v) is 17.0. The van der Waals surface area contributed by atoms with E-state index in [1.165, 1.54) is 23.1 Å². The van der Waals surface area contributed by atoms with E-state index in [9.17, 15) is 4.79 Å². The predicted molar refractivity (Wildman–Crippen MR) is 113 cm³/mol. The zero-order chi connectivity index (χ0) is 18.7. The third-order valence-corrected chi connectivity index (χ3v) is 6.36. The van der Waals surface area contributed by atoms with Gasteiger partial charge in [0.15, 0.2) is 4.34 Å². The first-order chi connectivity index (χ1) is 13.3. The molecule has 0 bridgehead atoms. The molecule has 0 saturated heterocycles. The summed E-state index contributed by atoms with van der Waals surface area (Å²) in [5.74, 6) is 2.05. The van der Waals surface area contributed by atoms with Crippen LogP contribution in [0, 0.1) is 0 Å². The highest BCUT2D eigenvalue weighted by atomic mass is 32.2. The Morgan fingerprint density at radius 1 is 1.00 bits per heavy atom. The molecule has 1 N–H and O–H groups in total. The monoisotopic (exact) mass is 417 g/mol. The molecule has 0 unspecified atom stereocenters. The number of para-hydroxylation sites is 1. The molecule has 0 fully saturated rings. The minimum Gasteiger partial charge on any atom is -0.494 e. The molecule has 0 saturated carbocycles. The van der Waals surface area contributed by atoms with E-state index < -0.39 is 0 Å². The van der Waals surface area contributed by atoms with Crippen molar-refractivity contribution < 1.29 is 9.53 Å². The molecule has 2 aromatic carbocycles. The third-order valence-electron chi connectivity index (χ3n) is 3.29. The van der Waals surface area contributed by atoms with E-state index in [4.69, 9.17) is 4.74 Å². The highest BCUT2D eigenvalue weighted by molar-refractivity contribution is 8.01. The number of rotatable bonds is 10. The second-order valence-electron chi connectivity index (χ2n) is 5.39. The quantitative estimate of drug-likeness (QED) is 0.290.